The second-order valence-electron chi connectivity index (χ2n) is 12.0. The van der Waals surface area contributed by atoms with Crippen molar-refractivity contribution in [3.05, 3.63) is 6.33 Å². The van der Waals surface area contributed by atoms with Gasteiger partial charge in [0.2, 0.25) is 5.95 Å². The summed E-state index contributed by atoms with van der Waals surface area (Å²) in [5, 5.41) is 35.3. The summed E-state index contributed by atoms with van der Waals surface area (Å²) in [7, 11) is 4.01. The fourth-order valence-corrected chi connectivity index (χ4v) is 6.07. The summed E-state index contributed by atoms with van der Waals surface area (Å²) in [6, 6.07) is -2.17. The molecule has 0 aromatic carbocycles. The standard InChI is InChI=1S/C27H43F3N8O4/c1-6-8-37(25(42)27(28,29)30)18-11-19(22(41)21(18)40)38-14-31-20-23(32-16(13-39)10-15(2)3)33-26(34-24(20)38)36-9-7-17(12-36)35(4)5/h14-19,21-22,39-41H,6-13H2,1-5H3,(H,32,33,34)/t16-,17+,18-,19+,21+,22-/m0/s1. The normalized spacial score (nSPS) is 25.6. The lowest BCUT2D eigenvalue weighted by Crippen LogP contribution is -2.51. The summed E-state index contributed by atoms with van der Waals surface area (Å²) in [5.74, 6) is -0.938. The molecular weight excluding hydrogens is 557 g/mol. The van der Waals surface area contributed by atoms with Gasteiger partial charge in [-0.15, -0.1) is 0 Å². The van der Waals surface area contributed by atoms with E-state index in [2.05, 4.69) is 15.2 Å². The summed E-state index contributed by atoms with van der Waals surface area (Å²) in [4.78, 5) is 31.1. The van der Waals surface area contributed by atoms with Crippen LogP contribution in [0, 0.1) is 5.92 Å². The van der Waals surface area contributed by atoms with Crippen molar-refractivity contribution >= 4 is 28.8 Å². The van der Waals surface area contributed by atoms with Gasteiger partial charge in [-0.3, -0.25) is 4.79 Å². The molecule has 42 heavy (non-hydrogen) atoms. The van der Waals surface area contributed by atoms with E-state index in [4.69, 9.17) is 9.97 Å². The van der Waals surface area contributed by atoms with Crippen LogP contribution in [-0.4, -0.2) is 127 Å². The molecular formula is C27H43F3N8O4. The van der Waals surface area contributed by atoms with Crippen molar-refractivity contribution in [2.45, 2.75) is 89.0 Å². The minimum atomic E-state index is -5.11. The van der Waals surface area contributed by atoms with Gasteiger partial charge < -0.3 is 39.9 Å². The fraction of sp³-hybridized carbons (Fsp3) is 0.778. The lowest BCUT2D eigenvalue weighted by Gasteiger charge is -2.31. The van der Waals surface area contributed by atoms with Crippen LogP contribution < -0.4 is 10.2 Å². The largest absolute Gasteiger partial charge is 0.471 e. The van der Waals surface area contributed by atoms with Crippen LogP contribution in [0.3, 0.4) is 0 Å². The molecule has 15 heteroatoms. The average molecular weight is 601 g/mol. The molecule has 12 nitrogen and oxygen atoms in total. The molecule has 6 atom stereocenters. The molecule has 3 heterocycles. The van der Waals surface area contributed by atoms with Crippen LogP contribution in [0.4, 0.5) is 24.9 Å². The summed E-state index contributed by atoms with van der Waals surface area (Å²) < 4.78 is 41.8. The molecule has 0 spiro atoms. The Bertz CT molecular complexity index is 1230. The number of amides is 1. The summed E-state index contributed by atoms with van der Waals surface area (Å²) in [6.45, 7) is 6.75. The molecule has 236 valence electrons. The molecule has 4 rings (SSSR count). The number of aromatic nitrogens is 4. The van der Waals surface area contributed by atoms with E-state index in [1.165, 1.54) is 6.33 Å². The number of hydrogen-bond donors (Lipinski definition) is 4. The van der Waals surface area contributed by atoms with E-state index in [1.807, 2.05) is 32.8 Å². The molecule has 4 N–H and O–H groups in total. The van der Waals surface area contributed by atoms with Crippen molar-refractivity contribution < 1.29 is 33.3 Å². The third-order valence-corrected chi connectivity index (χ3v) is 8.25. The number of likely N-dealkylation sites (N-methyl/N-ethyl adjacent to an activating group) is 1. The van der Waals surface area contributed by atoms with Crippen molar-refractivity contribution in [3.63, 3.8) is 0 Å². The SMILES string of the molecule is CCCN(C(=O)C(F)(F)F)[C@H]1C[C@@H](n2cnc3c(N[C@H](CO)CC(C)C)nc(N4CC[C@@H](N(C)C)C4)nc32)[C@H](O)[C@@H]1O. The molecule has 2 aliphatic rings. The van der Waals surface area contributed by atoms with Gasteiger partial charge in [-0.05, 0) is 45.7 Å². The number of aliphatic hydroxyl groups is 3. The molecule has 1 amide bonds. The van der Waals surface area contributed by atoms with Gasteiger partial charge in [-0.2, -0.15) is 23.1 Å². The van der Waals surface area contributed by atoms with E-state index in [9.17, 15) is 33.3 Å². The van der Waals surface area contributed by atoms with Gasteiger partial charge >= 0.3 is 12.1 Å². The van der Waals surface area contributed by atoms with Gasteiger partial charge in [-0.1, -0.05) is 20.8 Å². The number of carbonyl (C=O) groups is 1. The van der Waals surface area contributed by atoms with Crippen LogP contribution in [0.15, 0.2) is 6.33 Å². The van der Waals surface area contributed by atoms with Gasteiger partial charge in [0.05, 0.1) is 31.1 Å². The van der Waals surface area contributed by atoms with Crippen LogP contribution in [0.5, 0.6) is 0 Å². The maximum atomic E-state index is 13.4. The number of nitrogens with one attached hydrogen (secondary N) is 1. The Morgan fingerprint density at radius 2 is 1.93 bits per heavy atom. The lowest BCUT2D eigenvalue weighted by molar-refractivity contribution is -0.190. The maximum Gasteiger partial charge on any atom is 0.471 e. The number of rotatable bonds is 11. The summed E-state index contributed by atoms with van der Waals surface area (Å²) in [5.41, 5.74) is 0.698. The van der Waals surface area contributed by atoms with E-state index in [-0.39, 0.29) is 32.0 Å². The van der Waals surface area contributed by atoms with Crippen LogP contribution >= 0.6 is 0 Å². The first kappa shape index (κ1) is 32.2. The van der Waals surface area contributed by atoms with E-state index in [1.54, 1.807) is 11.5 Å². The quantitative estimate of drug-likeness (QED) is 0.301. The third kappa shape index (κ3) is 6.58. The first-order valence-corrected chi connectivity index (χ1v) is 14.5. The second kappa shape index (κ2) is 12.9. The van der Waals surface area contributed by atoms with Crippen LogP contribution in [0.1, 0.15) is 52.5 Å². The smallest absolute Gasteiger partial charge is 0.394 e. The summed E-state index contributed by atoms with van der Waals surface area (Å²) >= 11 is 0. The number of halogens is 3. The highest BCUT2D eigenvalue weighted by atomic mass is 19.4. The number of alkyl halides is 3. The van der Waals surface area contributed by atoms with Gasteiger partial charge in [0.15, 0.2) is 17.0 Å². The van der Waals surface area contributed by atoms with Gasteiger partial charge in [0, 0.05) is 25.7 Å². The predicted molar refractivity (Wildman–Crippen MR) is 151 cm³/mol. The number of carbonyl (C=O) groups excluding carboxylic acids is 1. The van der Waals surface area contributed by atoms with Crippen molar-refractivity contribution in [3.8, 4) is 0 Å². The van der Waals surface area contributed by atoms with Gasteiger partial charge in [-0.25, -0.2) is 4.98 Å². The molecule has 0 radical (unpaired) electrons. The Hall–Kier alpha value is -2.75. The lowest BCUT2D eigenvalue weighted by atomic mass is 10.0. The second-order valence-corrected chi connectivity index (χ2v) is 12.0. The summed E-state index contributed by atoms with van der Waals surface area (Å²) in [6.07, 6.45) is -5.07. The van der Waals surface area contributed by atoms with E-state index in [0.717, 1.165) is 6.42 Å². The third-order valence-electron chi connectivity index (χ3n) is 8.25. The highest BCUT2D eigenvalue weighted by Crippen LogP contribution is 2.38. The van der Waals surface area contributed by atoms with E-state index < -0.39 is 36.4 Å². The topological polar surface area (TPSA) is 143 Å². The molecule has 2 fully saturated rings. The Morgan fingerprint density at radius 1 is 1.21 bits per heavy atom. The number of aliphatic hydroxyl groups excluding tert-OH is 3. The van der Waals surface area contributed by atoms with Crippen molar-refractivity contribution in [2.24, 2.45) is 5.92 Å². The van der Waals surface area contributed by atoms with Crippen molar-refractivity contribution in [1.29, 1.82) is 0 Å². The van der Waals surface area contributed by atoms with Crippen LogP contribution in [0.25, 0.3) is 11.2 Å². The maximum absolute atomic E-state index is 13.4. The van der Waals surface area contributed by atoms with Crippen LogP contribution in [-0.2, 0) is 4.79 Å². The number of fused-ring (bicyclic) bond motifs is 1. The number of nitrogens with zero attached hydrogens (tertiary/aromatic N) is 7. The molecule has 1 aliphatic carbocycles. The van der Waals surface area contributed by atoms with Crippen molar-refractivity contribution in [1.82, 2.24) is 29.3 Å². The predicted octanol–water partition coefficient (Wildman–Crippen LogP) is 1.62. The highest BCUT2D eigenvalue weighted by Gasteiger charge is 2.51. The first-order chi connectivity index (χ1) is 19.8. The minimum absolute atomic E-state index is 0.128. The monoisotopic (exact) mass is 600 g/mol. The Morgan fingerprint density at radius 3 is 2.50 bits per heavy atom. The van der Waals surface area contributed by atoms with Gasteiger partial charge in [0.25, 0.3) is 0 Å². The van der Waals surface area contributed by atoms with Crippen LogP contribution in [0.2, 0.25) is 0 Å². The number of anilines is 2. The fourth-order valence-electron chi connectivity index (χ4n) is 6.07. The molecule has 2 aromatic rings. The number of imidazole rings is 1. The zero-order valence-electron chi connectivity index (χ0n) is 24.8. The average Bonchev–Trinajstić information content (AvgIpc) is 3.64. The zero-order valence-corrected chi connectivity index (χ0v) is 24.8. The molecule has 1 aliphatic heterocycles. The number of hydrogen-bond acceptors (Lipinski definition) is 10. The molecule has 0 bridgehead atoms. The Labute approximate surface area is 243 Å². The molecule has 2 aromatic heterocycles. The first-order valence-electron chi connectivity index (χ1n) is 14.5. The minimum Gasteiger partial charge on any atom is -0.394 e. The highest BCUT2D eigenvalue weighted by molar-refractivity contribution is 5.85. The van der Waals surface area contributed by atoms with E-state index in [0.29, 0.717) is 59.3 Å². The zero-order chi connectivity index (χ0) is 30.9. The Balaban J connectivity index is 1.74. The molecule has 0 unspecified atom stereocenters. The molecule has 1 saturated heterocycles. The van der Waals surface area contributed by atoms with Crippen molar-refractivity contribution in [2.75, 3.05) is 50.6 Å². The molecule has 1 saturated carbocycles. The Kier molecular flexibility index (Phi) is 9.85. The van der Waals surface area contributed by atoms with E-state index >= 15 is 0 Å². The van der Waals surface area contributed by atoms with Gasteiger partial charge in [0.1, 0.15) is 12.2 Å².